The highest BCUT2D eigenvalue weighted by atomic mass is 15.2. The Bertz CT molecular complexity index is 807. The van der Waals surface area contributed by atoms with Crippen LogP contribution in [0.2, 0.25) is 0 Å². The van der Waals surface area contributed by atoms with Gasteiger partial charge in [-0.05, 0) is 48.7 Å². The van der Waals surface area contributed by atoms with Crippen LogP contribution in [-0.2, 0) is 6.54 Å². The molecule has 3 aromatic rings. The summed E-state index contributed by atoms with van der Waals surface area (Å²) >= 11 is 0. The monoisotopic (exact) mass is 346 g/mol. The van der Waals surface area contributed by atoms with E-state index in [9.17, 15) is 0 Å². The van der Waals surface area contributed by atoms with Gasteiger partial charge in [0.15, 0.2) is 0 Å². The number of piperidine rings is 1. The second-order valence-electron chi connectivity index (χ2n) is 6.53. The third-order valence-electron chi connectivity index (χ3n) is 4.74. The van der Waals surface area contributed by atoms with Crippen LogP contribution in [-0.4, -0.2) is 31.4 Å². The van der Waals surface area contributed by atoms with Crippen LogP contribution in [0.5, 0.6) is 0 Å². The molecule has 3 aromatic heterocycles. The average Bonchev–Trinajstić information content (AvgIpc) is 2.71. The molecule has 0 bridgehead atoms. The third-order valence-corrected chi connectivity index (χ3v) is 4.74. The van der Waals surface area contributed by atoms with Crippen molar-refractivity contribution in [2.45, 2.75) is 31.8 Å². The molecule has 6 nitrogen and oxygen atoms in total. The molecule has 1 atom stereocenters. The molecule has 6 heteroatoms. The number of nitrogens with zero attached hydrogens (tertiary/aromatic N) is 5. The van der Waals surface area contributed by atoms with Gasteiger partial charge in [-0.3, -0.25) is 14.9 Å². The van der Waals surface area contributed by atoms with Crippen LogP contribution in [0.3, 0.4) is 0 Å². The fourth-order valence-corrected chi connectivity index (χ4v) is 3.45. The molecule has 132 valence electrons. The third kappa shape index (κ3) is 4.03. The maximum absolute atomic E-state index is 4.58. The van der Waals surface area contributed by atoms with E-state index in [1.54, 1.807) is 18.6 Å². The smallest absolute Gasteiger partial charge is 0.150 e. The van der Waals surface area contributed by atoms with Gasteiger partial charge < -0.3 is 5.32 Å². The van der Waals surface area contributed by atoms with E-state index in [-0.39, 0.29) is 0 Å². The molecule has 1 fully saturated rings. The Labute approximate surface area is 153 Å². The lowest BCUT2D eigenvalue weighted by Crippen LogP contribution is -2.33. The van der Waals surface area contributed by atoms with Crippen molar-refractivity contribution in [2.24, 2.45) is 0 Å². The number of hydrogen-bond donors (Lipinski definition) is 1. The molecule has 1 aliphatic rings. The highest BCUT2D eigenvalue weighted by Crippen LogP contribution is 2.32. The van der Waals surface area contributed by atoms with E-state index < -0.39 is 0 Å². The highest BCUT2D eigenvalue weighted by molar-refractivity contribution is 5.50. The fourth-order valence-electron chi connectivity index (χ4n) is 3.45. The predicted octanol–water partition coefficient (Wildman–Crippen LogP) is 3.74. The Kier molecular flexibility index (Phi) is 5.12. The standard InChI is InChI=1S/C20H22N6/c1-2-12-26(15-16-6-8-21-9-7-16)18(3-1)17-4-5-19(24-13-17)25-20-14-22-10-11-23-20/h4-11,13-14,18H,1-3,12,15H2,(H,23,24,25). The summed E-state index contributed by atoms with van der Waals surface area (Å²) in [4.78, 5) is 19.5. The molecule has 0 radical (unpaired) electrons. The van der Waals surface area contributed by atoms with E-state index in [1.807, 2.05) is 24.7 Å². The van der Waals surface area contributed by atoms with Gasteiger partial charge in [0.05, 0.1) is 6.20 Å². The van der Waals surface area contributed by atoms with E-state index in [0.29, 0.717) is 11.9 Å². The number of aromatic nitrogens is 4. The molecule has 0 saturated carbocycles. The van der Waals surface area contributed by atoms with Crippen molar-refractivity contribution in [3.05, 3.63) is 72.6 Å². The molecule has 1 saturated heterocycles. The molecule has 1 unspecified atom stereocenters. The van der Waals surface area contributed by atoms with E-state index in [4.69, 9.17) is 0 Å². The first-order valence-corrected chi connectivity index (χ1v) is 9.00. The van der Waals surface area contributed by atoms with Crippen molar-refractivity contribution < 1.29 is 0 Å². The molecule has 4 rings (SSSR count). The lowest BCUT2D eigenvalue weighted by atomic mass is 9.96. The second kappa shape index (κ2) is 8.01. The summed E-state index contributed by atoms with van der Waals surface area (Å²) in [6.07, 6.45) is 14.4. The van der Waals surface area contributed by atoms with Crippen LogP contribution in [0, 0.1) is 0 Å². The minimum atomic E-state index is 0.412. The van der Waals surface area contributed by atoms with E-state index in [2.05, 4.69) is 48.4 Å². The molecule has 26 heavy (non-hydrogen) atoms. The van der Waals surface area contributed by atoms with Gasteiger partial charge in [0.1, 0.15) is 11.6 Å². The van der Waals surface area contributed by atoms with Gasteiger partial charge in [-0.1, -0.05) is 12.5 Å². The number of hydrogen-bond acceptors (Lipinski definition) is 6. The van der Waals surface area contributed by atoms with Gasteiger partial charge in [0.25, 0.3) is 0 Å². The number of nitrogens with one attached hydrogen (secondary N) is 1. The quantitative estimate of drug-likeness (QED) is 0.759. The Morgan fingerprint density at radius 2 is 1.81 bits per heavy atom. The second-order valence-corrected chi connectivity index (χ2v) is 6.53. The van der Waals surface area contributed by atoms with Crippen molar-refractivity contribution in [3.63, 3.8) is 0 Å². The normalized spacial score (nSPS) is 17.8. The molecule has 0 spiro atoms. The molecule has 1 N–H and O–H groups in total. The SMILES string of the molecule is c1cc(CN2CCCCC2c2ccc(Nc3cnccn3)nc2)ccn1. The van der Waals surface area contributed by atoms with Crippen LogP contribution in [0.25, 0.3) is 0 Å². The fraction of sp³-hybridized carbons (Fsp3) is 0.300. The van der Waals surface area contributed by atoms with Gasteiger partial charge in [-0.25, -0.2) is 9.97 Å². The zero-order chi connectivity index (χ0) is 17.6. The zero-order valence-corrected chi connectivity index (χ0v) is 14.6. The van der Waals surface area contributed by atoms with E-state index >= 15 is 0 Å². The number of anilines is 2. The average molecular weight is 346 g/mol. The molecular formula is C20H22N6. The molecule has 4 heterocycles. The molecule has 0 amide bonds. The van der Waals surface area contributed by atoms with Gasteiger partial charge in [-0.15, -0.1) is 0 Å². The minimum Gasteiger partial charge on any atom is -0.324 e. The lowest BCUT2D eigenvalue weighted by Gasteiger charge is -2.36. The largest absolute Gasteiger partial charge is 0.324 e. The van der Waals surface area contributed by atoms with Gasteiger partial charge in [-0.2, -0.15) is 0 Å². The summed E-state index contributed by atoms with van der Waals surface area (Å²) in [6.45, 7) is 2.07. The minimum absolute atomic E-state index is 0.412. The Balaban J connectivity index is 1.47. The Hall–Kier alpha value is -2.86. The molecule has 0 aromatic carbocycles. The van der Waals surface area contributed by atoms with Gasteiger partial charge in [0, 0.05) is 43.6 Å². The topological polar surface area (TPSA) is 66.8 Å². The maximum Gasteiger partial charge on any atom is 0.150 e. The van der Waals surface area contributed by atoms with Crippen molar-refractivity contribution in [3.8, 4) is 0 Å². The summed E-state index contributed by atoms with van der Waals surface area (Å²) in [6, 6.07) is 8.79. The van der Waals surface area contributed by atoms with Crippen LogP contribution in [0.15, 0.2) is 61.4 Å². The summed E-state index contributed by atoms with van der Waals surface area (Å²) in [7, 11) is 0. The van der Waals surface area contributed by atoms with Gasteiger partial charge >= 0.3 is 0 Å². The van der Waals surface area contributed by atoms with Gasteiger partial charge in [0.2, 0.25) is 0 Å². The van der Waals surface area contributed by atoms with E-state index in [1.165, 1.54) is 30.4 Å². The van der Waals surface area contributed by atoms with Crippen molar-refractivity contribution >= 4 is 11.6 Å². The van der Waals surface area contributed by atoms with Crippen LogP contribution >= 0.6 is 0 Å². The Morgan fingerprint density at radius 3 is 2.58 bits per heavy atom. The summed E-state index contributed by atoms with van der Waals surface area (Å²) in [5, 5.41) is 3.18. The first-order chi connectivity index (χ1) is 12.9. The highest BCUT2D eigenvalue weighted by Gasteiger charge is 2.24. The Morgan fingerprint density at radius 1 is 0.885 bits per heavy atom. The lowest BCUT2D eigenvalue weighted by molar-refractivity contribution is 0.140. The van der Waals surface area contributed by atoms with E-state index in [0.717, 1.165) is 18.9 Å². The first-order valence-electron chi connectivity index (χ1n) is 9.00. The van der Waals surface area contributed by atoms with Crippen LogP contribution in [0.1, 0.15) is 36.4 Å². The number of likely N-dealkylation sites (tertiary alicyclic amines) is 1. The van der Waals surface area contributed by atoms with Crippen LogP contribution in [0.4, 0.5) is 11.6 Å². The molecule has 1 aliphatic heterocycles. The zero-order valence-electron chi connectivity index (χ0n) is 14.6. The van der Waals surface area contributed by atoms with Crippen molar-refractivity contribution in [1.82, 2.24) is 24.8 Å². The molecule has 0 aliphatic carbocycles. The maximum atomic E-state index is 4.58. The number of rotatable bonds is 5. The molecular weight excluding hydrogens is 324 g/mol. The predicted molar refractivity (Wildman–Crippen MR) is 101 cm³/mol. The summed E-state index contributed by atoms with van der Waals surface area (Å²) in [5.41, 5.74) is 2.57. The van der Waals surface area contributed by atoms with Crippen LogP contribution < -0.4 is 5.32 Å². The summed E-state index contributed by atoms with van der Waals surface area (Å²) in [5.74, 6) is 1.48. The van der Waals surface area contributed by atoms with Crippen molar-refractivity contribution in [2.75, 3.05) is 11.9 Å². The summed E-state index contributed by atoms with van der Waals surface area (Å²) < 4.78 is 0. The van der Waals surface area contributed by atoms with Crippen molar-refractivity contribution in [1.29, 1.82) is 0 Å². The number of pyridine rings is 2. The first kappa shape index (κ1) is 16.6.